The van der Waals surface area contributed by atoms with Crippen molar-refractivity contribution >= 4 is 39.3 Å². The molecule has 1 atom stereocenters. The Morgan fingerprint density at radius 1 is 1.48 bits per heavy atom. The number of rotatable bonds is 5. The zero-order valence-corrected chi connectivity index (χ0v) is 16.1. The van der Waals surface area contributed by atoms with Gasteiger partial charge in [-0.15, -0.1) is 0 Å². The number of primary amides is 1. The minimum absolute atomic E-state index is 0.00225. The van der Waals surface area contributed by atoms with Crippen LogP contribution in [0.4, 0.5) is 15.9 Å². The van der Waals surface area contributed by atoms with Gasteiger partial charge in [0.1, 0.15) is 16.9 Å². The molecule has 8 nitrogen and oxygen atoms in total. The van der Waals surface area contributed by atoms with Crippen LogP contribution in [-0.4, -0.2) is 42.0 Å². The van der Waals surface area contributed by atoms with Gasteiger partial charge in [-0.3, -0.25) is 9.48 Å². The third kappa shape index (κ3) is 4.11. The van der Waals surface area contributed by atoms with Gasteiger partial charge in [-0.05, 0) is 40.9 Å². The van der Waals surface area contributed by atoms with Gasteiger partial charge in [0, 0.05) is 23.0 Å². The van der Waals surface area contributed by atoms with E-state index >= 15 is 0 Å². The molecule has 3 rings (SSSR count). The molecule has 1 aromatic heterocycles. The maximum atomic E-state index is 14.3. The van der Waals surface area contributed by atoms with E-state index in [0.717, 1.165) is 18.9 Å². The van der Waals surface area contributed by atoms with Gasteiger partial charge in [0.2, 0.25) is 0 Å². The van der Waals surface area contributed by atoms with Crippen molar-refractivity contribution in [2.75, 3.05) is 25.6 Å². The zero-order chi connectivity index (χ0) is 19.6. The molecule has 0 radical (unpaired) electrons. The molecule has 3 N–H and O–H groups in total. The molecule has 2 aromatic rings. The van der Waals surface area contributed by atoms with Gasteiger partial charge in [-0.1, -0.05) is 0 Å². The number of nitrogens with zero attached hydrogens (tertiary/aromatic N) is 2. The highest BCUT2D eigenvalue weighted by Gasteiger charge is 2.23. The summed E-state index contributed by atoms with van der Waals surface area (Å²) >= 11 is 3.15. The topological polar surface area (TPSA) is 108 Å². The first-order chi connectivity index (χ1) is 12.9. The van der Waals surface area contributed by atoms with Gasteiger partial charge >= 0.3 is 5.97 Å². The van der Waals surface area contributed by atoms with E-state index in [4.69, 9.17) is 10.5 Å². The van der Waals surface area contributed by atoms with E-state index in [1.165, 1.54) is 13.2 Å². The molecule has 0 bridgehead atoms. The standard InChI is InChI=1S/C17H18BrFN4O4/c1-26-17(25)14-12(18)5-9(6-13(14)19)21-16-11(15(20)24)7-23(22-16)10-3-2-4-27-8-10/h5-7,10H,2-4,8H2,1H3,(H2,20,24)(H,21,22)/t10-/m1/s1. The van der Waals surface area contributed by atoms with Crippen LogP contribution in [0.2, 0.25) is 0 Å². The maximum absolute atomic E-state index is 14.3. The van der Waals surface area contributed by atoms with Crippen LogP contribution in [0.25, 0.3) is 0 Å². The molecule has 1 amide bonds. The summed E-state index contributed by atoms with van der Waals surface area (Å²) in [6.45, 7) is 1.19. The molecule has 1 aromatic carbocycles. The lowest BCUT2D eigenvalue weighted by atomic mass is 10.1. The molecule has 1 aliphatic heterocycles. The van der Waals surface area contributed by atoms with E-state index in [9.17, 15) is 14.0 Å². The molecule has 27 heavy (non-hydrogen) atoms. The van der Waals surface area contributed by atoms with Crippen molar-refractivity contribution in [2.24, 2.45) is 5.73 Å². The van der Waals surface area contributed by atoms with Crippen LogP contribution in [0.1, 0.15) is 39.6 Å². The number of nitrogens with two attached hydrogens (primary N) is 1. The van der Waals surface area contributed by atoms with Crippen molar-refractivity contribution < 1.29 is 23.5 Å². The molecule has 144 valence electrons. The van der Waals surface area contributed by atoms with Crippen molar-refractivity contribution in [1.29, 1.82) is 0 Å². The number of nitrogens with one attached hydrogen (secondary N) is 1. The molecule has 0 spiro atoms. The smallest absolute Gasteiger partial charge is 0.342 e. The van der Waals surface area contributed by atoms with Gasteiger partial charge in [0.15, 0.2) is 5.82 Å². The number of hydrogen-bond acceptors (Lipinski definition) is 6. The Labute approximate surface area is 162 Å². The van der Waals surface area contributed by atoms with Crippen LogP contribution >= 0.6 is 15.9 Å². The summed E-state index contributed by atoms with van der Waals surface area (Å²) in [4.78, 5) is 23.4. The minimum Gasteiger partial charge on any atom is -0.465 e. The molecule has 10 heteroatoms. The first-order valence-corrected chi connectivity index (χ1v) is 9.01. The Bertz CT molecular complexity index is 857. The number of esters is 1. The van der Waals surface area contributed by atoms with Gasteiger partial charge in [-0.2, -0.15) is 5.10 Å². The van der Waals surface area contributed by atoms with E-state index in [1.54, 1.807) is 10.9 Å². The fourth-order valence-corrected chi connectivity index (χ4v) is 3.46. The first kappa shape index (κ1) is 19.3. The Hall–Kier alpha value is -2.46. The number of carbonyl (C=O) groups is 2. The summed E-state index contributed by atoms with van der Waals surface area (Å²) in [7, 11) is 1.17. The number of methoxy groups -OCH3 is 1. The number of hydrogen-bond donors (Lipinski definition) is 2. The Balaban J connectivity index is 1.91. The van der Waals surface area contributed by atoms with Gasteiger partial charge in [0.25, 0.3) is 5.91 Å². The summed E-state index contributed by atoms with van der Waals surface area (Å²) in [6.07, 6.45) is 3.32. The Kier molecular flexibility index (Phi) is 5.76. The highest BCUT2D eigenvalue weighted by Crippen LogP contribution is 2.29. The van der Waals surface area contributed by atoms with Crippen molar-refractivity contribution in [3.05, 3.63) is 39.7 Å². The van der Waals surface area contributed by atoms with Crippen LogP contribution in [0.3, 0.4) is 0 Å². The highest BCUT2D eigenvalue weighted by atomic mass is 79.9. The second kappa shape index (κ2) is 8.05. The summed E-state index contributed by atoms with van der Waals surface area (Å²) < 4.78 is 26.1. The Morgan fingerprint density at radius 2 is 2.26 bits per heavy atom. The van der Waals surface area contributed by atoms with Gasteiger partial charge < -0.3 is 20.5 Å². The number of ether oxygens (including phenoxy) is 2. The lowest BCUT2D eigenvalue weighted by molar-refractivity contribution is 0.0550. The molecular weight excluding hydrogens is 423 g/mol. The molecule has 1 saturated heterocycles. The number of carbonyl (C=O) groups excluding carboxylic acids is 2. The van der Waals surface area contributed by atoms with Crippen molar-refractivity contribution in [1.82, 2.24) is 9.78 Å². The summed E-state index contributed by atoms with van der Waals surface area (Å²) in [5, 5.41) is 7.26. The van der Waals surface area contributed by atoms with Gasteiger partial charge in [0.05, 0.1) is 19.8 Å². The van der Waals surface area contributed by atoms with E-state index in [0.29, 0.717) is 18.9 Å². The first-order valence-electron chi connectivity index (χ1n) is 8.21. The van der Waals surface area contributed by atoms with Crippen LogP contribution in [0.5, 0.6) is 0 Å². The summed E-state index contributed by atoms with van der Waals surface area (Å²) in [6, 6.07) is 2.60. The predicted molar refractivity (Wildman–Crippen MR) is 98.6 cm³/mol. The third-order valence-electron chi connectivity index (χ3n) is 4.20. The van der Waals surface area contributed by atoms with Crippen molar-refractivity contribution in [2.45, 2.75) is 18.9 Å². The molecule has 1 fully saturated rings. The SMILES string of the molecule is COC(=O)c1c(F)cc(Nc2nn([C@@H]3CCCOC3)cc2C(N)=O)cc1Br. The van der Waals surface area contributed by atoms with Crippen molar-refractivity contribution in [3.8, 4) is 0 Å². The van der Waals surface area contributed by atoms with Crippen molar-refractivity contribution in [3.63, 3.8) is 0 Å². The minimum atomic E-state index is -0.801. The maximum Gasteiger partial charge on any atom is 0.342 e. The quantitative estimate of drug-likeness (QED) is 0.691. The summed E-state index contributed by atoms with van der Waals surface area (Å²) in [5.41, 5.74) is 5.69. The van der Waals surface area contributed by atoms with E-state index in [1.807, 2.05) is 0 Å². The van der Waals surface area contributed by atoms with Crippen LogP contribution < -0.4 is 11.1 Å². The van der Waals surface area contributed by atoms with Crippen LogP contribution in [0, 0.1) is 5.82 Å². The normalized spacial score (nSPS) is 16.8. The number of aromatic nitrogens is 2. The molecule has 0 unspecified atom stereocenters. The van der Waals surface area contributed by atoms with E-state index < -0.39 is 17.7 Å². The number of halogens is 2. The molecule has 1 aliphatic rings. The van der Waals surface area contributed by atoms with Crippen LogP contribution in [-0.2, 0) is 9.47 Å². The van der Waals surface area contributed by atoms with E-state index in [-0.39, 0.29) is 27.5 Å². The van der Waals surface area contributed by atoms with E-state index in [2.05, 4.69) is 31.1 Å². The predicted octanol–water partition coefficient (Wildman–Crippen LogP) is 2.77. The average Bonchev–Trinajstić information content (AvgIpc) is 3.05. The number of amides is 1. The zero-order valence-electron chi connectivity index (χ0n) is 14.5. The number of anilines is 2. The third-order valence-corrected chi connectivity index (χ3v) is 4.83. The van der Waals surface area contributed by atoms with Crippen LogP contribution in [0.15, 0.2) is 22.8 Å². The molecule has 2 heterocycles. The second-order valence-corrected chi connectivity index (χ2v) is 6.89. The summed E-state index contributed by atoms with van der Waals surface area (Å²) in [5.74, 6) is -2.04. The second-order valence-electron chi connectivity index (χ2n) is 6.04. The molecule has 0 aliphatic carbocycles. The fraction of sp³-hybridized carbons (Fsp3) is 0.353. The largest absolute Gasteiger partial charge is 0.465 e. The molecule has 0 saturated carbocycles. The van der Waals surface area contributed by atoms with Gasteiger partial charge in [-0.25, -0.2) is 9.18 Å². The fourth-order valence-electron chi connectivity index (χ4n) is 2.86. The number of benzene rings is 1. The molecular formula is C17H18BrFN4O4. The Morgan fingerprint density at radius 3 is 2.85 bits per heavy atom. The monoisotopic (exact) mass is 440 g/mol. The lowest BCUT2D eigenvalue weighted by Gasteiger charge is -2.22. The highest BCUT2D eigenvalue weighted by molar-refractivity contribution is 9.10. The lowest BCUT2D eigenvalue weighted by Crippen LogP contribution is -2.21. The average molecular weight is 441 g/mol.